The van der Waals surface area contributed by atoms with E-state index in [0.717, 1.165) is 37.1 Å². The van der Waals surface area contributed by atoms with Crippen molar-refractivity contribution in [3.63, 3.8) is 0 Å². The summed E-state index contributed by atoms with van der Waals surface area (Å²) < 4.78 is 2.42. The topological polar surface area (TPSA) is 67.1 Å². The van der Waals surface area contributed by atoms with Gasteiger partial charge in [-0.25, -0.2) is 0 Å². The lowest BCUT2D eigenvalue weighted by molar-refractivity contribution is 0.504. The summed E-state index contributed by atoms with van der Waals surface area (Å²) in [7, 11) is 1.79. The molecule has 2 rings (SSSR count). The Kier molecular flexibility index (Phi) is 5.50. The Hall–Kier alpha value is -1.24. The first-order chi connectivity index (χ1) is 10.1. The predicted molar refractivity (Wildman–Crippen MR) is 88.8 cm³/mol. The number of aromatic nitrogens is 3. The van der Waals surface area contributed by atoms with E-state index >= 15 is 0 Å². The van der Waals surface area contributed by atoms with Crippen LogP contribution in [0.25, 0.3) is 0 Å². The number of nitrogens with zero attached hydrogens (tertiary/aromatic N) is 4. The molecular formula is C14H26N6S. The lowest BCUT2D eigenvalue weighted by Gasteiger charge is -2.23. The second kappa shape index (κ2) is 7.15. The van der Waals surface area contributed by atoms with Crippen molar-refractivity contribution in [3.8, 4) is 0 Å². The number of nitrogens with one attached hydrogen (secondary N) is 2. The minimum Gasteiger partial charge on any atom is -0.355 e. The molecule has 2 heterocycles. The fraction of sp³-hybridized carbons (Fsp3) is 0.786. The third-order valence-corrected chi connectivity index (χ3v) is 5.06. The van der Waals surface area contributed by atoms with Crippen LogP contribution in [-0.2, 0) is 19.5 Å². The van der Waals surface area contributed by atoms with Gasteiger partial charge in [-0.1, -0.05) is 0 Å². The smallest absolute Gasteiger partial charge is 0.191 e. The van der Waals surface area contributed by atoms with Gasteiger partial charge in [-0.15, -0.1) is 10.2 Å². The summed E-state index contributed by atoms with van der Waals surface area (Å²) in [5, 5.41) is 15.2. The summed E-state index contributed by atoms with van der Waals surface area (Å²) in [5.74, 6) is 2.92. The van der Waals surface area contributed by atoms with Crippen molar-refractivity contribution < 1.29 is 0 Å². The summed E-state index contributed by atoms with van der Waals surface area (Å²) in [6, 6.07) is 0. The minimum absolute atomic E-state index is 0.186. The van der Waals surface area contributed by atoms with Gasteiger partial charge in [-0.3, -0.25) is 4.99 Å². The number of hydrogen-bond donors (Lipinski definition) is 2. The molecule has 1 aromatic heterocycles. The van der Waals surface area contributed by atoms with Gasteiger partial charge in [0.25, 0.3) is 0 Å². The molecule has 0 saturated heterocycles. The highest BCUT2D eigenvalue weighted by atomic mass is 32.2. The molecule has 21 heavy (non-hydrogen) atoms. The zero-order chi connectivity index (χ0) is 15.3. The molecule has 118 valence electrons. The van der Waals surface area contributed by atoms with Gasteiger partial charge in [0.05, 0.1) is 6.54 Å². The van der Waals surface area contributed by atoms with Crippen LogP contribution in [0.3, 0.4) is 0 Å². The molecule has 1 aromatic rings. The van der Waals surface area contributed by atoms with Gasteiger partial charge in [0.15, 0.2) is 11.8 Å². The third-order valence-electron chi connectivity index (χ3n) is 3.81. The van der Waals surface area contributed by atoms with Crippen molar-refractivity contribution >= 4 is 17.7 Å². The van der Waals surface area contributed by atoms with E-state index in [1.165, 1.54) is 12.8 Å². The predicted octanol–water partition coefficient (Wildman–Crippen LogP) is 1.42. The maximum absolute atomic E-state index is 4.29. The number of aryl methyl sites for hydroxylation is 1. The van der Waals surface area contributed by atoms with Crippen molar-refractivity contribution in [2.45, 2.75) is 50.9 Å². The molecule has 7 heteroatoms. The van der Waals surface area contributed by atoms with Crippen LogP contribution < -0.4 is 10.6 Å². The largest absolute Gasteiger partial charge is 0.355 e. The Labute approximate surface area is 131 Å². The van der Waals surface area contributed by atoms with Gasteiger partial charge in [-0.05, 0) is 32.9 Å². The monoisotopic (exact) mass is 310 g/mol. The van der Waals surface area contributed by atoms with E-state index in [0.29, 0.717) is 6.54 Å². The molecule has 0 fully saturated rings. The number of aliphatic imine (C=N–C) groups is 1. The lowest BCUT2D eigenvalue weighted by Crippen LogP contribution is -2.43. The van der Waals surface area contributed by atoms with Crippen LogP contribution in [0.1, 0.15) is 38.3 Å². The molecule has 0 unspecified atom stereocenters. The quantitative estimate of drug-likeness (QED) is 0.636. The van der Waals surface area contributed by atoms with Gasteiger partial charge < -0.3 is 15.2 Å². The van der Waals surface area contributed by atoms with Crippen LogP contribution >= 0.6 is 11.8 Å². The van der Waals surface area contributed by atoms with Gasteiger partial charge in [0.2, 0.25) is 0 Å². The standard InChI is InChI=1S/C14H26N6S/c1-14(2,21-4)10-17-13(15-3)16-9-12-19-18-11-7-5-6-8-20(11)12/h5-10H2,1-4H3,(H2,15,16,17). The van der Waals surface area contributed by atoms with Gasteiger partial charge >= 0.3 is 0 Å². The number of rotatable bonds is 5. The van der Waals surface area contributed by atoms with Crippen molar-refractivity contribution in [2.75, 3.05) is 19.8 Å². The molecule has 0 bridgehead atoms. The molecule has 0 radical (unpaired) electrons. The number of thioether (sulfide) groups is 1. The summed E-state index contributed by atoms with van der Waals surface area (Å²) in [6.07, 6.45) is 5.60. The number of fused-ring (bicyclic) bond motifs is 1. The van der Waals surface area contributed by atoms with E-state index < -0.39 is 0 Å². The molecule has 0 spiro atoms. The second-order valence-corrected chi connectivity index (χ2v) is 7.40. The van der Waals surface area contributed by atoms with Crippen molar-refractivity contribution in [1.82, 2.24) is 25.4 Å². The molecule has 6 nitrogen and oxygen atoms in total. The molecule has 1 aliphatic heterocycles. The van der Waals surface area contributed by atoms with Crippen LogP contribution in [0.5, 0.6) is 0 Å². The second-order valence-electron chi connectivity index (χ2n) is 5.88. The Morgan fingerprint density at radius 1 is 1.33 bits per heavy atom. The zero-order valence-corrected chi connectivity index (χ0v) is 14.3. The van der Waals surface area contributed by atoms with Gasteiger partial charge in [0, 0.05) is 31.3 Å². The van der Waals surface area contributed by atoms with Crippen LogP contribution in [0.15, 0.2) is 4.99 Å². The van der Waals surface area contributed by atoms with E-state index in [2.05, 4.69) is 50.5 Å². The highest BCUT2D eigenvalue weighted by Gasteiger charge is 2.17. The first kappa shape index (κ1) is 16.1. The Bertz CT molecular complexity index is 494. The van der Waals surface area contributed by atoms with E-state index in [1.54, 1.807) is 7.05 Å². The van der Waals surface area contributed by atoms with Gasteiger partial charge in [0.1, 0.15) is 5.82 Å². The molecule has 0 saturated carbocycles. The van der Waals surface area contributed by atoms with Gasteiger partial charge in [-0.2, -0.15) is 11.8 Å². The van der Waals surface area contributed by atoms with Crippen molar-refractivity contribution in [1.29, 1.82) is 0 Å². The van der Waals surface area contributed by atoms with Crippen LogP contribution in [0.2, 0.25) is 0 Å². The summed E-state index contributed by atoms with van der Waals surface area (Å²) in [6.45, 7) is 6.99. The Balaban J connectivity index is 1.88. The van der Waals surface area contributed by atoms with Crippen molar-refractivity contribution in [3.05, 3.63) is 11.6 Å². The molecule has 0 atom stereocenters. The summed E-state index contributed by atoms with van der Waals surface area (Å²) in [4.78, 5) is 4.26. The maximum atomic E-state index is 4.29. The fourth-order valence-corrected chi connectivity index (χ4v) is 2.47. The Morgan fingerprint density at radius 3 is 2.86 bits per heavy atom. The van der Waals surface area contributed by atoms with Crippen LogP contribution in [-0.4, -0.2) is 45.3 Å². The Morgan fingerprint density at radius 2 is 2.14 bits per heavy atom. The van der Waals surface area contributed by atoms with Crippen molar-refractivity contribution in [2.24, 2.45) is 4.99 Å². The zero-order valence-electron chi connectivity index (χ0n) is 13.4. The van der Waals surface area contributed by atoms with Crippen LogP contribution in [0.4, 0.5) is 0 Å². The number of hydrogen-bond acceptors (Lipinski definition) is 4. The first-order valence-electron chi connectivity index (χ1n) is 7.46. The van der Waals surface area contributed by atoms with Crippen LogP contribution in [0, 0.1) is 0 Å². The van der Waals surface area contributed by atoms with E-state index in [1.807, 2.05) is 11.8 Å². The molecule has 0 aliphatic carbocycles. The fourth-order valence-electron chi connectivity index (χ4n) is 2.25. The summed E-state index contributed by atoms with van der Waals surface area (Å²) >= 11 is 1.84. The molecule has 1 aliphatic rings. The third kappa shape index (κ3) is 4.36. The average Bonchev–Trinajstić information content (AvgIpc) is 2.91. The lowest BCUT2D eigenvalue weighted by atomic mass is 10.2. The normalized spacial score (nSPS) is 15.7. The molecule has 0 aromatic carbocycles. The average molecular weight is 310 g/mol. The minimum atomic E-state index is 0.186. The first-order valence-corrected chi connectivity index (χ1v) is 8.69. The van der Waals surface area contributed by atoms with E-state index in [4.69, 9.17) is 0 Å². The highest BCUT2D eigenvalue weighted by molar-refractivity contribution is 7.99. The maximum Gasteiger partial charge on any atom is 0.191 e. The number of guanidine groups is 1. The van der Waals surface area contributed by atoms with E-state index in [-0.39, 0.29) is 4.75 Å². The van der Waals surface area contributed by atoms with E-state index in [9.17, 15) is 0 Å². The molecule has 2 N–H and O–H groups in total. The molecule has 0 amide bonds. The summed E-state index contributed by atoms with van der Waals surface area (Å²) in [5.41, 5.74) is 0. The molecular weight excluding hydrogens is 284 g/mol. The SMILES string of the molecule is CN=C(NCc1nnc2n1CCCC2)NCC(C)(C)SC. The highest BCUT2D eigenvalue weighted by Crippen LogP contribution is 2.19.